The number of rotatable bonds is 6. The highest BCUT2D eigenvalue weighted by molar-refractivity contribution is 7.91. The molecule has 158 valence electrons. The molecule has 1 atom stereocenters. The van der Waals surface area contributed by atoms with Gasteiger partial charge in [-0.1, -0.05) is 23.7 Å². The van der Waals surface area contributed by atoms with Gasteiger partial charge in [-0.2, -0.15) is 0 Å². The largest absolute Gasteiger partial charge is 0.497 e. The third-order valence-electron chi connectivity index (χ3n) is 4.49. The van der Waals surface area contributed by atoms with Crippen LogP contribution in [0.4, 0.5) is 4.79 Å². The summed E-state index contributed by atoms with van der Waals surface area (Å²) >= 11 is 6.04. The molecule has 0 aromatic heterocycles. The second-order valence-corrected chi connectivity index (χ2v) is 8.83. The Bertz CT molecular complexity index is 1110. The minimum Gasteiger partial charge on any atom is -0.497 e. The van der Waals surface area contributed by atoms with Crippen molar-refractivity contribution in [2.75, 3.05) is 20.0 Å². The van der Waals surface area contributed by atoms with Gasteiger partial charge in [-0.3, -0.25) is 0 Å². The number of benzene rings is 2. The molecule has 1 aliphatic heterocycles. The van der Waals surface area contributed by atoms with E-state index in [4.69, 9.17) is 21.1 Å². The third kappa shape index (κ3) is 4.58. The Labute approximate surface area is 178 Å². The standard InChI is InChI=1S/C20H19ClN2O6S/c1-28-14-6-8-15(9-7-14)30(26,27)11-16-17(19(24)29-2)18(23-20(25)22-16)12-4-3-5-13(21)10-12/h3-10,18H,11H2,1-2H3,(H2,22,23,25)/t18-/m1/s1. The lowest BCUT2D eigenvalue weighted by Gasteiger charge is -2.29. The zero-order valence-corrected chi connectivity index (χ0v) is 17.7. The van der Waals surface area contributed by atoms with Crippen LogP contribution in [0.25, 0.3) is 0 Å². The first-order chi connectivity index (χ1) is 14.2. The summed E-state index contributed by atoms with van der Waals surface area (Å²) in [4.78, 5) is 24.8. The van der Waals surface area contributed by atoms with Crippen molar-refractivity contribution in [3.63, 3.8) is 0 Å². The average Bonchev–Trinajstić information content (AvgIpc) is 2.72. The number of carbonyl (C=O) groups is 2. The van der Waals surface area contributed by atoms with Crippen LogP contribution in [0.5, 0.6) is 5.75 Å². The van der Waals surface area contributed by atoms with Gasteiger partial charge in [0.15, 0.2) is 9.84 Å². The van der Waals surface area contributed by atoms with Crippen molar-refractivity contribution in [1.82, 2.24) is 10.6 Å². The average molecular weight is 451 g/mol. The number of amides is 2. The molecule has 2 N–H and O–H groups in total. The van der Waals surface area contributed by atoms with E-state index in [0.717, 1.165) is 0 Å². The number of hydrogen-bond acceptors (Lipinski definition) is 6. The van der Waals surface area contributed by atoms with E-state index in [1.54, 1.807) is 24.3 Å². The molecule has 3 rings (SSSR count). The van der Waals surface area contributed by atoms with Crippen LogP contribution in [0.1, 0.15) is 11.6 Å². The lowest BCUT2D eigenvalue weighted by atomic mass is 9.95. The van der Waals surface area contributed by atoms with Crippen molar-refractivity contribution in [3.05, 3.63) is 70.4 Å². The van der Waals surface area contributed by atoms with Gasteiger partial charge in [-0.25, -0.2) is 18.0 Å². The summed E-state index contributed by atoms with van der Waals surface area (Å²) < 4.78 is 35.8. The number of hydrogen-bond donors (Lipinski definition) is 2. The molecule has 10 heteroatoms. The predicted molar refractivity (Wildman–Crippen MR) is 110 cm³/mol. The Morgan fingerprint density at radius 2 is 1.83 bits per heavy atom. The molecule has 8 nitrogen and oxygen atoms in total. The van der Waals surface area contributed by atoms with Crippen LogP contribution in [0, 0.1) is 0 Å². The van der Waals surface area contributed by atoms with E-state index in [0.29, 0.717) is 16.3 Å². The monoisotopic (exact) mass is 450 g/mol. The first-order valence-corrected chi connectivity index (χ1v) is 10.8. The number of carbonyl (C=O) groups excluding carboxylic acids is 2. The van der Waals surface area contributed by atoms with Crippen molar-refractivity contribution in [2.45, 2.75) is 10.9 Å². The number of urea groups is 1. The van der Waals surface area contributed by atoms with E-state index in [1.165, 1.54) is 38.5 Å². The summed E-state index contributed by atoms with van der Waals surface area (Å²) in [7, 11) is -1.24. The fourth-order valence-electron chi connectivity index (χ4n) is 3.08. The maximum atomic E-state index is 12.9. The number of ether oxygens (including phenoxy) is 2. The third-order valence-corrected chi connectivity index (χ3v) is 6.39. The van der Waals surface area contributed by atoms with E-state index in [2.05, 4.69) is 10.6 Å². The lowest BCUT2D eigenvalue weighted by Crippen LogP contribution is -2.47. The van der Waals surface area contributed by atoms with Gasteiger partial charge >= 0.3 is 12.0 Å². The van der Waals surface area contributed by atoms with Gasteiger partial charge in [0, 0.05) is 10.7 Å². The fourth-order valence-corrected chi connectivity index (χ4v) is 4.60. The smallest absolute Gasteiger partial charge is 0.338 e. The zero-order chi connectivity index (χ0) is 21.9. The summed E-state index contributed by atoms with van der Waals surface area (Å²) in [5.41, 5.74) is 0.431. The van der Waals surface area contributed by atoms with Crippen LogP contribution in [0.3, 0.4) is 0 Å². The molecule has 0 bridgehead atoms. The SMILES string of the molecule is COC(=O)C1=C(CS(=O)(=O)c2ccc(OC)cc2)NC(=O)N[C@@H]1c1cccc(Cl)c1. The first kappa shape index (κ1) is 21.7. The molecular formula is C20H19ClN2O6S. The highest BCUT2D eigenvalue weighted by Crippen LogP contribution is 2.30. The first-order valence-electron chi connectivity index (χ1n) is 8.76. The Morgan fingerprint density at radius 3 is 2.43 bits per heavy atom. The number of halogens is 1. The maximum Gasteiger partial charge on any atom is 0.338 e. The molecule has 0 unspecified atom stereocenters. The molecule has 2 aromatic rings. The second-order valence-electron chi connectivity index (χ2n) is 6.40. The van der Waals surface area contributed by atoms with Gasteiger partial charge in [-0.05, 0) is 42.0 Å². The quantitative estimate of drug-likeness (QED) is 0.654. The van der Waals surface area contributed by atoms with Gasteiger partial charge < -0.3 is 20.1 Å². The zero-order valence-electron chi connectivity index (χ0n) is 16.1. The minimum absolute atomic E-state index is 0.0172. The second kappa shape index (κ2) is 8.76. The van der Waals surface area contributed by atoms with Gasteiger partial charge in [0.2, 0.25) is 0 Å². The molecule has 2 aromatic carbocycles. The van der Waals surface area contributed by atoms with E-state index < -0.39 is 33.6 Å². The highest BCUT2D eigenvalue weighted by atomic mass is 35.5. The Morgan fingerprint density at radius 1 is 1.13 bits per heavy atom. The van der Waals surface area contributed by atoms with E-state index >= 15 is 0 Å². The molecule has 0 fully saturated rings. The summed E-state index contributed by atoms with van der Waals surface area (Å²) in [5.74, 6) is -0.874. The molecule has 1 heterocycles. The molecule has 0 spiro atoms. The van der Waals surface area contributed by atoms with Crippen LogP contribution in [0.15, 0.2) is 64.7 Å². The predicted octanol–water partition coefficient (Wildman–Crippen LogP) is 2.60. The van der Waals surface area contributed by atoms with Crippen LogP contribution < -0.4 is 15.4 Å². The minimum atomic E-state index is -3.89. The van der Waals surface area contributed by atoms with E-state index in [1.807, 2.05) is 0 Å². The topological polar surface area (TPSA) is 111 Å². The fraction of sp³-hybridized carbons (Fsp3) is 0.200. The van der Waals surface area contributed by atoms with Gasteiger partial charge in [-0.15, -0.1) is 0 Å². The van der Waals surface area contributed by atoms with Crippen LogP contribution in [-0.4, -0.2) is 40.4 Å². The Hall–Kier alpha value is -3.04. The summed E-state index contributed by atoms with van der Waals surface area (Å²) in [5, 5.41) is 5.45. The number of nitrogens with one attached hydrogen (secondary N) is 2. The van der Waals surface area contributed by atoms with Crippen molar-refractivity contribution >= 4 is 33.4 Å². The van der Waals surface area contributed by atoms with Crippen molar-refractivity contribution in [1.29, 1.82) is 0 Å². The van der Waals surface area contributed by atoms with Crippen molar-refractivity contribution in [3.8, 4) is 5.75 Å². The highest BCUT2D eigenvalue weighted by Gasteiger charge is 2.35. The summed E-state index contributed by atoms with van der Waals surface area (Å²) in [6.07, 6.45) is 0. The Balaban J connectivity index is 2.07. The molecule has 1 aliphatic rings. The van der Waals surface area contributed by atoms with Crippen LogP contribution in [0.2, 0.25) is 5.02 Å². The molecule has 30 heavy (non-hydrogen) atoms. The van der Waals surface area contributed by atoms with E-state index in [9.17, 15) is 18.0 Å². The molecule has 2 amide bonds. The normalized spacial score (nSPS) is 16.5. The van der Waals surface area contributed by atoms with Crippen LogP contribution in [-0.2, 0) is 19.4 Å². The Kier molecular flexibility index (Phi) is 6.33. The molecule has 0 radical (unpaired) electrons. The van der Waals surface area contributed by atoms with Gasteiger partial charge in [0.25, 0.3) is 0 Å². The number of esters is 1. The molecular weight excluding hydrogens is 432 g/mol. The molecule has 0 saturated carbocycles. The summed E-state index contributed by atoms with van der Waals surface area (Å²) in [6.45, 7) is 0. The number of methoxy groups -OCH3 is 2. The number of sulfone groups is 1. The molecule has 0 aliphatic carbocycles. The summed E-state index contributed by atoms with van der Waals surface area (Å²) in [6, 6.07) is 10.8. The maximum absolute atomic E-state index is 12.9. The van der Waals surface area contributed by atoms with Crippen molar-refractivity contribution < 1.29 is 27.5 Å². The van der Waals surface area contributed by atoms with E-state index in [-0.39, 0.29) is 16.2 Å². The van der Waals surface area contributed by atoms with Crippen LogP contribution >= 0.6 is 11.6 Å². The van der Waals surface area contributed by atoms with Gasteiger partial charge in [0.05, 0.1) is 36.5 Å². The van der Waals surface area contributed by atoms with Gasteiger partial charge in [0.1, 0.15) is 5.75 Å². The lowest BCUT2D eigenvalue weighted by molar-refractivity contribution is -0.136. The molecule has 0 saturated heterocycles. The van der Waals surface area contributed by atoms with Crippen molar-refractivity contribution in [2.24, 2.45) is 0 Å².